The molecular weight excluding hydrogens is 304 g/mol. The second-order valence-corrected chi connectivity index (χ2v) is 6.07. The lowest BCUT2D eigenvalue weighted by atomic mass is 10.1. The molecule has 0 amide bonds. The topological polar surface area (TPSA) is 61.8 Å². The van der Waals surface area contributed by atoms with Crippen LogP contribution in [0.25, 0.3) is 0 Å². The van der Waals surface area contributed by atoms with E-state index in [1.54, 1.807) is 32.2 Å². The first-order valence-electron chi connectivity index (χ1n) is 7.29. The quantitative estimate of drug-likeness (QED) is 0.455. The maximum Gasteiger partial charge on any atom is 0.379 e. The van der Waals surface area contributed by atoms with Gasteiger partial charge in [-0.15, -0.1) is 0 Å². The molecule has 0 aliphatic carbocycles. The van der Waals surface area contributed by atoms with Crippen molar-refractivity contribution in [1.82, 2.24) is 0 Å². The van der Waals surface area contributed by atoms with Gasteiger partial charge < -0.3 is 14.2 Å². The fourth-order valence-corrected chi connectivity index (χ4v) is 3.26. The number of esters is 1. The maximum absolute atomic E-state index is 12.0. The summed E-state index contributed by atoms with van der Waals surface area (Å²) in [6.07, 6.45) is 2.04. The Kier molecular flexibility index (Phi) is 6.12. The van der Waals surface area contributed by atoms with E-state index >= 15 is 0 Å². The van der Waals surface area contributed by atoms with Crippen molar-refractivity contribution in [1.29, 1.82) is 0 Å². The average molecular weight is 324 g/mol. The van der Waals surface area contributed by atoms with Gasteiger partial charge in [-0.25, -0.2) is 4.79 Å². The first-order chi connectivity index (χ1) is 10.7. The lowest BCUT2D eigenvalue weighted by molar-refractivity contribution is -0.137. The summed E-state index contributed by atoms with van der Waals surface area (Å²) in [7, 11) is 1.55. The molecule has 2 rings (SSSR count). The third kappa shape index (κ3) is 4.16. The molecule has 6 heteroatoms. The Morgan fingerprint density at radius 1 is 1.23 bits per heavy atom. The van der Waals surface area contributed by atoms with Gasteiger partial charge in [-0.05, 0) is 49.5 Å². The molecule has 22 heavy (non-hydrogen) atoms. The molecule has 0 atom stereocenters. The van der Waals surface area contributed by atoms with Crippen LogP contribution in [0.4, 0.5) is 0 Å². The minimum Gasteiger partial charge on any atom is -0.493 e. The highest BCUT2D eigenvalue weighted by atomic mass is 32.2. The molecule has 1 fully saturated rings. The second-order valence-electron chi connectivity index (χ2n) is 4.84. The monoisotopic (exact) mass is 324 g/mol. The largest absolute Gasteiger partial charge is 0.493 e. The summed E-state index contributed by atoms with van der Waals surface area (Å²) in [5.41, 5.74) is 0.249. The highest BCUT2D eigenvalue weighted by Crippen LogP contribution is 2.31. The maximum atomic E-state index is 12.0. The number of thioether (sulfide) groups is 1. The summed E-state index contributed by atoms with van der Waals surface area (Å²) >= 11 is 1.91. The van der Waals surface area contributed by atoms with Crippen molar-refractivity contribution in [3.8, 4) is 11.5 Å². The minimum absolute atomic E-state index is 0.114. The van der Waals surface area contributed by atoms with Crippen LogP contribution in [0.1, 0.15) is 30.1 Å². The molecule has 0 aromatic heterocycles. The number of methoxy groups -OCH3 is 1. The van der Waals surface area contributed by atoms with Crippen LogP contribution in [0, 0.1) is 0 Å². The third-order valence-corrected chi connectivity index (χ3v) is 4.40. The lowest BCUT2D eigenvalue weighted by Crippen LogP contribution is -2.23. The Balaban J connectivity index is 2.18. The van der Waals surface area contributed by atoms with Crippen molar-refractivity contribution in [3.05, 3.63) is 23.8 Å². The number of hydrogen-bond donors (Lipinski definition) is 0. The number of carbonyl (C=O) groups is 2. The van der Waals surface area contributed by atoms with Gasteiger partial charge in [-0.2, -0.15) is 11.8 Å². The number of Topliss-reactive ketones (excluding diaryl/α,β-unsaturated/α-hetero) is 1. The Hall–Kier alpha value is -1.69. The van der Waals surface area contributed by atoms with Gasteiger partial charge in [0.15, 0.2) is 11.5 Å². The first-order valence-corrected chi connectivity index (χ1v) is 8.45. The van der Waals surface area contributed by atoms with Gasteiger partial charge in [-0.1, -0.05) is 0 Å². The van der Waals surface area contributed by atoms with Crippen LogP contribution in [0.2, 0.25) is 0 Å². The summed E-state index contributed by atoms with van der Waals surface area (Å²) in [6.45, 7) is 1.83. The third-order valence-electron chi connectivity index (χ3n) is 3.35. The number of ether oxygens (including phenoxy) is 3. The van der Waals surface area contributed by atoms with Crippen molar-refractivity contribution in [3.63, 3.8) is 0 Å². The number of rotatable bonds is 6. The summed E-state index contributed by atoms with van der Waals surface area (Å²) in [5, 5.41) is 0. The predicted octanol–water partition coefficient (Wildman–Crippen LogP) is 2.72. The molecule has 1 saturated heterocycles. The smallest absolute Gasteiger partial charge is 0.379 e. The molecule has 0 saturated carbocycles. The van der Waals surface area contributed by atoms with Gasteiger partial charge in [0.05, 0.1) is 13.7 Å². The van der Waals surface area contributed by atoms with Crippen molar-refractivity contribution in [2.24, 2.45) is 0 Å². The van der Waals surface area contributed by atoms with Gasteiger partial charge in [0.1, 0.15) is 6.10 Å². The zero-order chi connectivity index (χ0) is 15.9. The molecule has 0 N–H and O–H groups in total. The zero-order valence-electron chi connectivity index (χ0n) is 12.8. The fraction of sp³-hybridized carbons (Fsp3) is 0.500. The molecule has 1 heterocycles. The zero-order valence-corrected chi connectivity index (χ0v) is 13.6. The van der Waals surface area contributed by atoms with Crippen molar-refractivity contribution < 1.29 is 23.8 Å². The van der Waals surface area contributed by atoms with Crippen LogP contribution in [-0.4, -0.2) is 43.1 Å². The van der Waals surface area contributed by atoms with Crippen molar-refractivity contribution >= 4 is 23.5 Å². The Labute approximate surface area is 134 Å². The molecule has 0 unspecified atom stereocenters. The molecule has 5 nitrogen and oxygen atoms in total. The van der Waals surface area contributed by atoms with Crippen molar-refractivity contribution in [2.45, 2.75) is 25.9 Å². The van der Waals surface area contributed by atoms with E-state index in [-0.39, 0.29) is 18.3 Å². The molecule has 1 aromatic rings. The Bertz CT molecular complexity index is 537. The van der Waals surface area contributed by atoms with Gasteiger partial charge >= 0.3 is 5.97 Å². The molecule has 1 aromatic carbocycles. The Morgan fingerprint density at radius 2 is 1.95 bits per heavy atom. The SMILES string of the molecule is CCOC(=O)C(=O)c1ccc(OC)c(OC2CCSCC2)c1. The van der Waals surface area contributed by atoms with Crippen LogP contribution < -0.4 is 9.47 Å². The molecule has 0 bridgehead atoms. The van der Waals surface area contributed by atoms with Crippen LogP contribution in [0.5, 0.6) is 11.5 Å². The highest BCUT2D eigenvalue weighted by molar-refractivity contribution is 7.99. The van der Waals surface area contributed by atoms with Gasteiger partial charge in [0.25, 0.3) is 5.78 Å². The van der Waals surface area contributed by atoms with E-state index in [2.05, 4.69) is 0 Å². The average Bonchev–Trinajstić information content (AvgIpc) is 2.55. The van der Waals surface area contributed by atoms with E-state index in [1.165, 1.54) is 0 Å². The molecule has 120 valence electrons. The van der Waals surface area contributed by atoms with Gasteiger partial charge in [0, 0.05) is 5.56 Å². The minimum atomic E-state index is -0.854. The van der Waals surface area contributed by atoms with Crippen LogP contribution >= 0.6 is 11.8 Å². The molecule has 0 spiro atoms. The summed E-state index contributed by atoms with van der Waals surface area (Å²) in [5.74, 6) is 1.65. The van der Waals surface area contributed by atoms with Crippen LogP contribution in [0.15, 0.2) is 18.2 Å². The summed E-state index contributed by atoms with van der Waals surface area (Å²) in [4.78, 5) is 23.6. The van der Waals surface area contributed by atoms with E-state index in [1.807, 2.05) is 11.8 Å². The highest BCUT2D eigenvalue weighted by Gasteiger charge is 2.22. The predicted molar refractivity (Wildman–Crippen MR) is 84.9 cm³/mol. The van der Waals surface area contributed by atoms with E-state index in [9.17, 15) is 9.59 Å². The van der Waals surface area contributed by atoms with E-state index in [4.69, 9.17) is 14.2 Å². The number of ketones is 1. The Morgan fingerprint density at radius 3 is 2.59 bits per heavy atom. The summed E-state index contributed by atoms with van der Waals surface area (Å²) < 4.78 is 16.0. The molecule has 1 aliphatic heterocycles. The van der Waals surface area contributed by atoms with Crippen LogP contribution in [0.3, 0.4) is 0 Å². The lowest BCUT2D eigenvalue weighted by Gasteiger charge is -2.24. The van der Waals surface area contributed by atoms with Gasteiger partial charge in [-0.3, -0.25) is 4.79 Å². The van der Waals surface area contributed by atoms with Crippen molar-refractivity contribution in [2.75, 3.05) is 25.2 Å². The second kappa shape index (κ2) is 8.08. The van der Waals surface area contributed by atoms with E-state index in [0.717, 1.165) is 24.3 Å². The van der Waals surface area contributed by atoms with E-state index < -0.39 is 11.8 Å². The molecule has 1 aliphatic rings. The normalized spacial score (nSPS) is 15.2. The van der Waals surface area contributed by atoms with E-state index in [0.29, 0.717) is 11.5 Å². The number of carbonyl (C=O) groups excluding carboxylic acids is 2. The number of benzene rings is 1. The summed E-state index contributed by atoms with van der Waals surface area (Å²) in [6, 6.07) is 4.74. The molecular formula is C16H20O5S. The standard InChI is InChI=1S/C16H20O5S/c1-3-20-16(18)15(17)11-4-5-13(19-2)14(10-11)21-12-6-8-22-9-7-12/h4-5,10,12H,3,6-9H2,1-2H3. The van der Waals surface area contributed by atoms with Gasteiger partial charge in [0.2, 0.25) is 0 Å². The first kappa shape index (κ1) is 16.7. The fourth-order valence-electron chi connectivity index (χ4n) is 2.20. The molecule has 0 radical (unpaired) electrons. The van der Waals surface area contributed by atoms with Crippen LogP contribution in [-0.2, 0) is 9.53 Å². The number of hydrogen-bond acceptors (Lipinski definition) is 6.